The molecular formula is C26H35N7O4. The number of amides is 2. The first-order chi connectivity index (χ1) is 17.6. The maximum absolute atomic E-state index is 13.0. The van der Waals surface area contributed by atoms with Gasteiger partial charge in [-0.15, -0.1) is 0 Å². The lowest BCUT2D eigenvalue weighted by molar-refractivity contribution is -0.126. The smallest absolute Gasteiger partial charge is 0.343 e. The van der Waals surface area contributed by atoms with Gasteiger partial charge < -0.3 is 31.3 Å². The van der Waals surface area contributed by atoms with Crippen molar-refractivity contribution >= 4 is 29.4 Å². The Balaban J connectivity index is 1.49. The molecule has 0 aliphatic carbocycles. The van der Waals surface area contributed by atoms with Crippen LogP contribution < -0.4 is 21.5 Å². The molecule has 5 N–H and O–H groups in total. The molecule has 1 unspecified atom stereocenters. The van der Waals surface area contributed by atoms with E-state index in [4.69, 9.17) is 16.2 Å². The Hall–Kier alpha value is -3.96. The van der Waals surface area contributed by atoms with Crippen molar-refractivity contribution < 1.29 is 19.1 Å². The van der Waals surface area contributed by atoms with Crippen LogP contribution in [-0.4, -0.2) is 97.8 Å². The maximum Gasteiger partial charge on any atom is 0.343 e. The third-order valence-electron chi connectivity index (χ3n) is 6.06. The third-order valence-corrected chi connectivity index (χ3v) is 6.06. The fourth-order valence-electron chi connectivity index (χ4n) is 3.86. The number of nitrogens with two attached hydrogens (primary N) is 2. The zero-order chi connectivity index (χ0) is 26.9. The number of nitrogens with zero attached hydrogens (tertiary/aromatic N) is 4. The Morgan fingerprint density at radius 1 is 0.973 bits per heavy atom. The van der Waals surface area contributed by atoms with Gasteiger partial charge in [-0.1, -0.05) is 0 Å². The number of nitrogens with one attached hydrogen (secondary N) is 1. The maximum atomic E-state index is 13.0. The lowest BCUT2D eigenvalue weighted by atomic mass is 10.1. The van der Waals surface area contributed by atoms with Crippen molar-refractivity contribution in [3.63, 3.8) is 0 Å². The molecule has 1 aliphatic rings. The lowest BCUT2D eigenvalue weighted by Gasteiger charge is -2.37. The standard InChI is InChI=1S/C26H35N7O4/c1-18(23(34)29-12-13-31(2)3)32-14-16-33(17-15-32)24(35)19-6-10-22(11-7-19)37-25(36)20-4-8-21(9-5-20)30-26(27)28/h4-11,18H,12-17H2,1-3H3,(H,29,34)(H4,27,28,30). The fraction of sp³-hybridized carbons (Fsp3) is 0.385. The summed E-state index contributed by atoms with van der Waals surface area (Å²) in [6, 6.07) is 12.6. The number of carbonyl (C=O) groups excluding carboxylic acids is 3. The van der Waals surface area contributed by atoms with Gasteiger partial charge >= 0.3 is 5.97 Å². The molecule has 37 heavy (non-hydrogen) atoms. The van der Waals surface area contributed by atoms with Gasteiger partial charge in [0.25, 0.3) is 5.91 Å². The first-order valence-corrected chi connectivity index (χ1v) is 12.1. The van der Waals surface area contributed by atoms with Crippen LogP contribution in [0.2, 0.25) is 0 Å². The van der Waals surface area contributed by atoms with E-state index < -0.39 is 5.97 Å². The monoisotopic (exact) mass is 509 g/mol. The number of likely N-dealkylation sites (N-methyl/N-ethyl adjacent to an activating group) is 1. The van der Waals surface area contributed by atoms with E-state index in [1.807, 2.05) is 25.9 Å². The van der Waals surface area contributed by atoms with Crippen molar-refractivity contribution in [1.82, 2.24) is 20.0 Å². The lowest BCUT2D eigenvalue weighted by Crippen LogP contribution is -2.55. The molecule has 0 saturated carbocycles. The predicted octanol–water partition coefficient (Wildman–Crippen LogP) is 0.635. The van der Waals surface area contributed by atoms with Crippen LogP contribution in [0.3, 0.4) is 0 Å². The van der Waals surface area contributed by atoms with Crippen molar-refractivity contribution in [3.8, 4) is 5.75 Å². The van der Waals surface area contributed by atoms with Crippen LogP contribution in [0.4, 0.5) is 5.69 Å². The zero-order valence-corrected chi connectivity index (χ0v) is 21.5. The molecule has 11 nitrogen and oxygen atoms in total. The topological polar surface area (TPSA) is 147 Å². The van der Waals surface area contributed by atoms with Crippen molar-refractivity contribution in [3.05, 3.63) is 59.7 Å². The van der Waals surface area contributed by atoms with E-state index in [1.54, 1.807) is 53.4 Å². The molecule has 2 amide bonds. The number of hydrogen-bond acceptors (Lipinski definition) is 7. The van der Waals surface area contributed by atoms with Crippen LogP contribution in [0.1, 0.15) is 27.6 Å². The number of ether oxygens (including phenoxy) is 1. The summed E-state index contributed by atoms with van der Waals surface area (Å²) in [4.78, 5) is 47.6. The normalized spacial score (nSPS) is 14.6. The van der Waals surface area contributed by atoms with Gasteiger partial charge in [-0.3, -0.25) is 14.5 Å². The summed E-state index contributed by atoms with van der Waals surface area (Å²) in [5, 5.41) is 2.96. The molecule has 0 bridgehead atoms. The number of guanidine groups is 1. The van der Waals surface area contributed by atoms with Crippen molar-refractivity contribution in [1.29, 1.82) is 0 Å². The van der Waals surface area contributed by atoms with Crippen molar-refractivity contribution in [2.75, 3.05) is 53.4 Å². The summed E-state index contributed by atoms with van der Waals surface area (Å²) in [7, 11) is 3.92. The van der Waals surface area contributed by atoms with E-state index in [0.717, 1.165) is 6.54 Å². The molecule has 1 fully saturated rings. The van der Waals surface area contributed by atoms with E-state index >= 15 is 0 Å². The summed E-state index contributed by atoms with van der Waals surface area (Å²) >= 11 is 0. The van der Waals surface area contributed by atoms with E-state index in [-0.39, 0.29) is 23.8 Å². The fourth-order valence-corrected chi connectivity index (χ4v) is 3.86. The highest BCUT2D eigenvalue weighted by Crippen LogP contribution is 2.18. The highest BCUT2D eigenvalue weighted by molar-refractivity contribution is 5.95. The van der Waals surface area contributed by atoms with Gasteiger partial charge in [0.15, 0.2) is 5.96 Å². The minimum atomic E-state index is -0.536. The first-order valence-electron chi connectivity index (χ1n) is 12.1. The molecule has 3 rings (SSSR count). The summed E-state index contributed by atoms with van der Waals surface area (Å²) in [5.74, 6) is -0.382. The van der Waals surface area contributed by atoms with Crippen LogP contribution in [0.15, 0.2) is 53.5 Å². The van der Waals surface area contributed by atoms with Crippen LogP contribution in [0.5, 0.6) is 5.75 Å². The highest BCUT2D eigenvalue weighted by atomic mass is 16.5. The van der Waals surface area contributed by atoms with Gasteiger partial charge in [-0.2, -0.15) is 0 Å². The molecule has 1 saturated heterocycles. The highest BCUT2D eigenvalue weighted by Gasteiger charge is 2.27. The quantitative estimate of drug-likeness (QED) is 0.193. The van der Waals surface area contributed by atoms with Crippen LogP contribution in [0.25, 0.3) is 0 Å². The van der Waals surface area contributed by atoms with E-state index in [2.05, 4.69) is 15.2 Å². The molecule has 198 valence electrons. The molecule has 2 aromatic rings. The van der Waals surface area contributed by atoms with Crippen LogP contribution in [-0.2, 0) is 4.79 Å². The average Bonchev–Trinajstić information content (AvgIpc) is 2.88. The summed E-state index contributed by atoms with van der Waals surface area (Å²) < 4.78 is 5.41. The van der Waals surface area contributed by atoms with Gasteiger partial charge in [-0.05, 0) is 69.6 Å². The molecule has 1 atom stereocenters. The number of carbonyl (C=O) groups is 3. The Labute approximate surface area is 217 Å². The second-order valence-corrected chi connectivity index (χ2v) is 9.10. The number of benzene rings is 2. The van der Waals surface area contributed by atoms with E-state index in [9.17, 15) is 14.4 Å². The molecule has 1 heterocycles. The third kappa shape index (κ3) is 8.02. The summed E-state index contributed by atoms with van der Waals surface area (Å²) in [6.07, 6.45) is 0. The Bertz CT molecular complexity index is 1100. The Kier molecular flexibility index (Phi) is 9.58. The molecule has 0 aromatic heterocycles. The Morgan fingerprint density at radius 2 is 1.57 bits per heavy atom. The molecule has 0 radical (unpaired) electrons. The largest absolute Gasteiger partial charge is 0.423 e. The molecule has 11 heteroatoms. The van der Waals surface area contributed by atoms with Gasteiger partial charge in [-0.25, -0.2) is 9.79 Å². The number of piperazine rings is 1. The summed E-state index contributed by atoms with van der Waals surface area (Å²) in [6.45, 7) is 5.57. The number of hydrogen-bond donors (Lipinski definition) is 3. The minimum absolute atomic E-state index is 0.00327. The van der Waals surface area contributed by atoms with Crippen LogP contribution in [0, 0.1) is 0 Å². The average molecular weight is 510 g/mol. The predicted molar refractivity (Wildman–Crippen MR) is 142 cm³/mol. The van der Waals surface area contributed by atoms with Gasteiger partial charge in [0.05, 0.1) is 17.3 Å². The number of esters is 1. The second kappa shape index (κ2) is 12.8. The van der Waals surface area contributed by atoms with Crippen molar-refractivity contribution in [2.24, 2.45) is 16.5 Å². The van der Waals surface area contributed by atoms with E-state index in [1.165, 1.54) is 0 Å². The van der Waals surface area contributed by atoms with Gasteiger partial charge in [0.1, 0.15) is 5.75 Å². The number of aliphatic imine (C=N–C) groups is 1. The minimum Gasteiger partial charge on any atom is -0.423 e. The molecular weight excluding hydrogens is 474 g/mol. The SMILES string of the molecule is CC(C(=O)NCCN(C)C)N1CCN(C(=O)c2ccc(OC(=O)c3ccc(N=C(N)N)cc3)cc2)CC1. The number of rotatable bonds is 9. The first kappa shape index (κ1) is 27.6. The molecule has 1 aliphatic heterocycles. The summed E-state index contributed by atoms with van der Waals surface area (Å²) in [5.41, 5.74) is 12.1. The van der Waals surface area contributed by atoms with Crippen LogP contribution >= 0.6 is 0 Å². The Morgan fingerprint density at radius 3 is 2.14 bits per heavy atom. The molecule has 0 spiro atoms. The van der Waals surface area contributed by atoms with Gasteiger partial charge in [0.2, 0.25) is 5.91 Å². The van der Waals surface area contributed by atoms with Gasteiger partial charge in [0, 0.05) is 44.8 Å². The van der Waals surface area contributed by atoms with Crippen molar-refractivity contribution in [2.45, 2.75) is 13.0 Å². The molecule has 2 aromatic carbocycles. The second-order valence-electron chi connectivity index (χ2n) is 9.10. The zero-order valence-electron chi connectivity index (χ0n) is 21.5. The van der Waals surface area contributed by atoms with E-state index in [0.29, 0.717) is 55.3 Å².